The molecule has 0 fully saturated rings. The number of fused-ring (bicyclic) bond motifs is 7. The van der Waals surface area contributed by atoms with E-state index < -0.39 is 0 Å². The summed E-state index contributed by atoms with van der Waals surface area (Å²) in [6.07, 6.45) is 1.40. The van der Waals surface area contributed by atoms with Crippen molar-refractivity contribution >= 4 is 11.0 Å². The van der Waals surface area contributed by atoms with Crippen molar-refractivity contribution < 1.29 is 13.9 Å². The quantitative estimate of drug-likeness (QED) is 0.276. The predicted molar refractivity (Wildman–Crippen MR) is 147 cm³/mol. The Balaban J connectivity index is 1.42. The molecule has 1 aliphatic rings. The molecule has 0 N–H and O–H groups in total. The van der Waals surface area contributed by atoms with Gasteiger partial charge in [-0.2, -0.15) is 5.26 Å². The Morgan fingerprint density at radius 2 is 1.82 bits per heavy atom. The summed E-state index contributed by atoms with van der Waals surface area (Å²) >= 11 is 0. The van der Waals surface area contributed by atoms with E-state index in [1.807, 2.05) is 37.4 Å². The third kappa shape index (κ3) is 4.87. The predicted octanol–water partition coefficient (Wildman–Crippen LogP) is 6.41. The molecule has 0 saturated carbocycles. The molecule has 194 valence electrons. The van der Waals surface area contributed by atoms with Gasteiger partial charge >= 0.3 is 0 Å². The maximum absolute atomic E-state index is 15.6. The van der Waals surface area contributed by atoms with Gasteiger partial charge in [0.2, 0.25) is 5.88 Å². The molecular weight excluding hydrogens is 491 g/mol. The van der Waals surface area contributed by atoms with Gasteiger partial charge in [-0.25, -0.2) is 14.4 Å². The van der Waals surface area contributed by atoms with Crippen LogP contribution in [-0.4, -0.2) is 14.5 Å². The number of halogens is 1. The van der Waals surface area contributed by atoms with Crippen LogP contribution < -0.4 is 4.74 Å². The topological polar surface area (TPSA) is 73.0 Å². The van der Waals surface area contributed by atoms with Gasteiger partial charge in [0.1, 0.15) is 18.2 Å². The largest absolute Gasteiger partial charge is 0.473 e. The van der Waals surface area contributed by atoms with E-state index in [2.05, 4.69) is 34.7 Å². The third-order valence-electron chi connectivity index (χ3n) is 7.31. The first-order chi connectivity index (χ1) is 19.0. The summed E-state index contributed by atoms with van der Waals surface area (Å²) in [5, 5.41) is 9.40. The number of aromatic nitrogens is 3. The second kappa shape index (κ2) is 10.3. The highest BCUT2D eigenvalue weighted by molar-refractivity contribution is 5.77. The molecule has 1 aliphatic heterocycles. The number of rotatable bonds is 3. The van der Waals surface area contributed by atoms with Crippen molar-refractivity contribution in [3.8, 4) is 23.2 Å². The Hall–Kier alpha value is -4.54. The van der Waals surface area contributed by atoms with Crippen LogP contribution in [0.15, 0.2) is 66.7 Å². The minimum atomic E-state index is -0.359. The molecule has 6 rings (SSSR count). The van der Waals surface area contributed by atoms with Gasteiger partial charge in [-0.15, -0.1) is 0 Å². The maximum Gasteiger partial charge on any atom is 0.214 e. The molecular formula is C32H27FN4O2. The first-order valence-corrected chi connectivity index (χ1v) is 13.0. The summed E-state index contributed by atoms with van der Waals surface area (Å²) < 4.78 is 29.8. The minimum absolute atomic E-state index is 0.263. The Labute approximate surface area is 226 Å². The zero-order valence-electron chi connectivity index (χ0n) is 21.9. The van der Waals surface area contributed by atoms with Crippen molar-refractivity contribution in [2.24, 2.45) is 7.05 Å². The van der Waals surface area contributed by atoms with E-state index in [0.717, 1.165) is 45.5 Å². The lowest BCUT2D eigenvalue weighted by Crippen LogP contribution is -2.06. The number of nitriles is 1. The number of imidazole rings is 1. The van der Waals surface area contributed by atoms with E-state index in [1.54, 1.807) is 24.3 Å². The molecule has 3 aromatic carbocycles. The van der Waals surface area contributed by atoms with Gasteiger partial charge < -0.3 is 14.0 Å². The second-order valence-corrected chi connectivity index (χ2v) is 9.78. The molecule has 5 aromatic rings. The number of ether oxygens (including phenoxy) is 2. The monoisotopic (exact) mass is 518 g/mol. The molecule has 0 amide bonds. The minimum Gasteiger partial charge on any atom is -0.473 e. The Morgan fingerprint density at radius 3 is 2.67 bits per heavy atom. The number of pyridine rings is 1. The lowest BCUT2D eigenvalue weighted by Gasteiger charge is -2.14. The first-order valence-electron chi connectivity index (χ1n) is 13.0. The van der Waals surface area contributed by atoms with Crippen LogP contribution in [0.2, 0.25) is 0 Å². The Morgan fingerprint density at radius 1 is 0.949 bits per heavy atom. The molecule has 3 heterocycles. The van der Waals surface area contributed by atoms with E-state index >= 15 is 4.39 Å². The van der Waals surface area contributed by atoms with Crippen molar-refractivity contribution in [1.29, 1.82) is 5.26 Å². The van der Waals surface area contributed by atoms with Gasteiger partial charge in [0.25, 0.3) is 0 Å². The fraction of sp³-hybridized carbons (Fsp3) is 0.219. The van der Waals surface area contributed by atoms with E-state index in [4.69, 9.17) is 14.5 Å². The van der Waals surface area contributed by atoms with Crippen molar-refractivity contribution in [3.63, 3.8) is 0 Å². The molecule has 0 aliphatic carbocycles. The van der Waals surface area contributed by atoms with Crippen LogP contribution in [0.25, 0.3) is 22.3 Å². The second-order valence-electron chi connectivity index (χ2n) is 9.78. The summed E-state index contributed by atoms with van der Waals surface area (Å²) in [6.45, 7) is 2.95. The summed E-state index contributed by atoms with van der Waals surface area (Å²) in [4.78, 5) is 9.43. The van der Waals surface area contributed by atoms with Crippen LogP contribution in [0.1, 0.15) is 46.1 Å². The van der Waals surface area contributed by atoms with Crippen molar-refractivity contribution in [1.82, 2.24) is 14.5 Å². The zero-order valence-corrected chi connectivity index (χ0v) is 21.9. The van der Waals surface area contributed by atoms with Crippen LogP contribution in [0.4, 0.5) is 4.39 Å². The molecule has 4 bridgehead atoms. The lowest BCUT2D eigenvalue weighted by atomic mass is 9.99. The summed E-state index contributed by atoms with van der Waals surface area (Å²) in [5.41, 5.74) is 8.11. The molecule has 7 heteroatoms. The van der Waals surface area contributed by atoms with Gasteiger partial charge in [0, 0.05) is 25.1 Å². The summed E-state index contributed by atoms with van der Waals surface area (Å²) in [6, 6.07) is 22.7. The van der Waals surface area contributed by atoms with Crippen molar-refractivity contribution in [2.75, 3.05) is 0 Å². The number of aryl methyl sites for hydroxylation is 2. The highest BCUT2D eigenvalue weighted by atomic mass is 19.1. The molecule has 0 unspecified atom stereocenters. The fourth-order valence-corrected chi connectivity index (χ4v) is 5.03. The average molecular weight is 519 g/mol. The standard InChI is InChI=1S/C32H27FN4O2/c1-3-20-8-10-29-30(12-20)37(2)31(35-29)15-23-14-27(33)26-13-25(23)18-38-17-24-11-21(16-34)7-9-22(24)19-39-32-6-4-5-28(26)36-32/h4-14H,3,15,17-19H2,1-2H3. The molecule has 0 radical (unpaired) electrons. The van der Waals surface area contributed by atoms with Gasteiger partial charge in [0.05, 0.1) is 41.6 Å². The van der Waals surface area contributed by atoms with Crippen LogP contribution in [0, 0.1) is 17.1 Å². The fourth-order valence-electron chi connectivity index (χ4n) is 5.03. The summed E-state index contributed by atoms with van der Waals surface area (Å²) in [5.74, 6) is 0.892. The molecule has 6 nitrogen and oxygen atoms in total. The summed E-state index contributed by atoms with van der Waals surface area (Å²) in [7, 11) is 2.00. The van der Waals surface area contributed by atoms with Gasteiger partial charge in [-0.1, -0.05) is 25.1 Å². The normalized spacial score (nSPS) is 13.0. The molecule has 39 heavy (non-hydrogen) atoms. The number of benzene rings is 3. The van der Waals surface area contributed by atoms with E-state index in [1.165, 1.54) is 5.56 Å². The Kier molecular flexibility index (Phi) is 6.55. The van der Waals surface area contributed by atoms with Crippen molar-refractivity contribution in [3.05, 3.63) is 112 Å². The number of nitrogens with zero attached hydrogens (tertiary/aromatic N) is 4. The van der Waals surface area contributed by atoms with E-state index in [-0.39, 0.29) is 25.6 Å². The molecule has 2 aromatic heterocycles. The lowest BCUT2D eigenvalue weighted by molar-refractivity contribution is 0.105. The third-order valence-corrected chi connectivity index (χ3v) is 7.31. The van der Waals surface area contributed by atoms with Crippen LogP contribution in [0.5, 0.6) is 5.88 Å². The maximum atomic E-state index is 15.6. The highest BCUT2D eigenvalue weighted by Gasteiger charge is 2.18. The smallest absolute Gasteiger partial charge is 0.214 e. The number of hydrogen-bond acceptors (Lipinski definition) is 5. The molecule has 0 saturated heterocycles. The first kappa shape index (κ1) is 24.8. The van der Waals surface area contributed by atoms with E-state index in [9.17, 15) is 5.26 Å². The molecule has 0 atom stereocenters. The highest BCUT2D eigenvalue weighted by Crippen LogP contribution is 2.30. The number of hydrogen-bond donors (Lipinski definition) is 0. The van der Waals surface area contributed by atoms with Crippen LogP contribution in [0.3, 0.4) is 0 Å². The zero-order chi connectivity index (χ0) is 26.9. The Bertz CT molecular complexity index is 1750. The van der Waals surface area contributed by atoms with Crippen molar-refractivity contribution in [2.45, 2.75) is 39.6 Å². The average Bonchev–Trinajstić information content (AvgIpc) is 3.27. The van der Waals surface area contributed by atoms with Gasteiger partial charge in [0.15, 0.2) is 0 Å². The van der Waals surface area contributed by atoms with Gasteiger partial charge in [-0.05, 0) is 76.7 Å². The van der Waals surface area contributed by atoms with Gasteiger partial charge in [-0.3, -0.25) is 0 Å². The van der Waals surface area contributed by atoms with E-state index in [0.29, 0.717) is 29.1 Å². The molecule has 0 spiro atoms. The van der Waals surface area contributed by atoms with Crippen LogP contribution >= 0.6 is 0 Å². The SMILES string of the molecule is CCc1ccc2nc(Cc3cc(F)c4cc3COCc3cc(C#N)ccc3COc3cccc-4n3)n(C)c2c1. The van der Waals surface area contributed by atoms with Crippen LogP contribution in [-0.2, 0) is 44.4 Å².